The quantitative estimate of drug-likeness (QED) is 0.300. The molecule has 3 atom stereocenters. The summed E-state index contributed by atoms with van der Waals surface area (Å²) >= 11 is 0. The van der Waals surface area contributed by atoms with Gasteiger partial charge in [-0.05, 0) is 0 Å². The van der Waals surface area contributed by atoms with E-state index in [4.69, 9.17) is 0 Å². The van der Waals surface area contributed by atoms with Crippen molar-refractivity contribution in [1.82, 2.24) is 0 Å². The Morgan fingerprint density at radius 2 is 1.10 bits per heavy atom. The Morgan fingerprint density at radius 3 is 1.20 bits per heavy atom. The number of hydrogen-bond donors (Lipinski definition) is 3. The molecule has 114 valence electrons. The van der Waals surface area contributed by atoms with Crippen molar-refractivity contribution in [2.45, 2.75) is 4.64 Å². The summed E-state index contributed by atoms with van der Waals surface area (Å²) in [5, 5.41) is 11.1. The van der Waals surface area contributed by atoms with Crippen LogP contribution in [0.1, 0.15) is 0 Å². The molecule has 0 amide bonds. The Hall–Kier alpha value is 0.517. The molecular weight excluding hydrogens is 336 g/mol. The fourth-order valence-electron chi connectivity index (χ4n) is 1.21. The molecule has 0 aromatic heterocycles. The normalized spacial score (nSPS) is 23.3. The molecule has 0 radical (unpaired) electrons. The first kappa shape index (κ1) is 22.8. The van der Waals surface area contributed by atoms with E-state index in [-0.39, 0.29) is 18.9 Å². The molecule has 0 rings (SSSR count). The maximum Gasteiger partial charge on any atom is 1.00 e. The van der Waals surface area contributed by atoms with E-state index in [0.717, 1.165) is 0 Å². The Morgan fingerprint density at radius 1 is 0.900 bits per heavy atom. The van der Waals surface area contributed by atoms with Crippen LogP contribution in [-0.2, 0) is 32.1 Å². The van der Waals surface area contributed by atoms with Crippen molar-refractivity contribution in [3.05, 3.63) is 0 Å². The van der Waals surface area contributed by atoms with Crippen LogP contribution in [0.2, 0.25) is 0 Å². The summed E-state index contributed by atoms with van der Waals surface area (Å²) in [5.41, 5.74) is 0. The number of carboxylic acids is 1. The van der Waals surface area contributed by atoms with Gasteiger partial charge < -0.3 is 38.2 Å². The van der Waals surface area contributed by atoms with Gasteiger partial charge in [-0.15, -0.1) is 0 Å². The first-order valence-electron chi connectivity index (χ1n) is 4.25. The molecule has 0 aliphatic rings. The van der Waals surface area contributed by atoms with Gasteiger partial charge in [0.2, 0.25) is 0 Å². The van der Waals surface area contributed by atoms with Gasteiger partial charge in [0.15, 0.2) is 0 Å². The van der Waals surface area contributed by atoms with E-state index in [9.17, 15) is 38.3 Å². The van der Waals surface area contributed by atoms with Crippen LogP contribution in [0.5, 0.6) is 0 Å². The van der Waals surface area contributed by atoms with E-state index >= 15 is 0 Å². The van der Waals surface area contributed by atoms with Gasteiger partial charge in [-0.3, -0.25) is 13.7 Å². The molecule has 0 bridgehead atoms. The number of carbonyl (C=O) groups is 1. The summed E-state index contributed by atoms with van der Waals surface area (Å²) in [6, 6.07) is 0. The topological polar surface area (TPSA) is 180 Å². The average Bonchev–Trinajstić information content (AvgIpc) is 2.28. The zero-order valence-electron chi connectivity index (χ0n) is 10.9. The van der Waals surface area contributed by atoms with Crippen molar-refractivity contribution >= 4 is 28.8 Å². The molecule has 0 aliphatic heterocycles. The Balaban J connectivity index is 0. The SMILES string of the molecule is COP(=O)(O)C(C(=O)[O-])(P(=O)(O)OC)P(=O)(O)OC.[Li+]. The van der Waals surface area contributed by atoms with Crippen molar-refractivity contribution in [3.63, 3.8) is 0 Å². The molecule has 0 saturated carbocycles. The molecule has 0 fully saturated rings. The van der Waals surface area contributed by atoms with Crippen LogP contribution >= 0.6 is 22.8 Å². The fraction of sp³-hybridized carbons (Fsp3) is 0.800. The third-order valence-electron chi connectivity index (χ3n) is 2.20. The second kappa shape index (κ2) is 7.19. The number of rotatable bonds is 7. The Bertz CT molecular complexity index is 442. The number of carboxylic acid groups (broad SMARTS) is 1. The van der Waals surface area contributed by atoms with E-state index in [1.54, 1.807) is 0 Å². The zero-order chi connectivity index (χ0) is 15.7. The second-order valence-electron chi connectivity index (χ2n) is 3.03. The standard InChI is InChI=1S/C5H13O11P3.Li/c1-14-17(8,9)5(4(6)7,18(10,11)15-2)19(12,13)16-3;/h1-3H3,(H,6,7)(H,8,9)(H,10,11)(H,12,13);/q;+1/p-1. The van der Waals surface area contributed by atoms with Crippen LogP contribution in [0.3, 0.4) is 0 Å². The first-order valence-corrected chi connectivity index (χ1v) is 8.98. The monoisotopic (exact) mass is 348 g/mol. The summed E-state index contributed by atoms with van der Waals surface area (Å²) in [7, 11) is -15.6. The minimum Gasteiger partial charge on any atom is -0.547 e. The van der Waals surface area contributed by atoms with Gasteiger partial charge >= 0.3 is 46.3 Å². The van der Waals surface area contributed by atoms with Crippen molar-refractivity contribution in [1.29, 1.82) is 0 Å². The smallest absolute Gasteiger partial charge is 0.547 e. The molecule has 3 N–H and O–H groups in total. The third kappa shape index (κ3) is 3.14. The van der Waals surface area contributed by atoms with Crippen LogP contribution in [0.4, 0.5) is 0 Å². The molecule has 0 aliphatic carbocycles. The molecule has 11 nitrogen and oxygen atoms in total. The molecular formula is C5H12LiO11P3. The van der Waals surface area contributed by atoms with Crippen molar-refractivity contribution in [2.24, 2.45) is 0 Å². The van der Waals surface area contributed by atoms with E-state index in [1.807, 2.05) is 0 Å². The van der Waals surface area contributed by atoms with Crippen LogP contribution in [-0.4, -0.2) is 46.6 Å². The summed E-state index contributed by atoms with van der Waals surface area (Å²) in [6.45, 7) is 0. The minimum atomic E-state index is -5.69. The minimum absolute atomic E-state index is 0. The summed E-state index contributed by atoms with van der Waals surface area (Å²) in [6.07, 6.45) is 0. The van der Waals surface area contributed by atoms with Gasteiger partial charge in [-0.25, -0.2) is 0 Å². The van der Waals surface area contributed by atoms with Crippen molar-refractivity contribution in [2.75, 3.05) is 21.3 Å². The molecule has 0 aromatic carbocycles. The average molecular weight is 348 g/mol. The van der Waals surface area contributed by atoms with E-state index in [1.165, 1.54) is 0 Å². The van der Waals surface area contributed by atoms with Crippen LogP contribution < -0.4 is 24.0 Å². The van der Waals surface area contributed by atoms with Crippen LogP contribution in [0, 0.1) is 0 Å². The predicted octanol–water partition coefficient (Wildman–Crippen LogP) is -4.11. The Kier molecular flexibility index (Phi) is 8.19. The van der Waals surface area contributed by atoms with Crippen LogP contribution in [0.25, 0.3) is 0 Å². The number of hydrogen-bond acceptors (Lipinski definition) is 8. The summed E-state index contributed by atoms with van der Waals surface area (Å²) < 4.78 is 42.8. The molecule has 20 heavy (non-hydrogen) atoms. The molecule has 0 saturated heterocycles. The first-order chi connectivity index (χ1) is 8.38. The summed E-state index contributed by atoms with van der Waals surface area (Å²) in [4.78, 5) is 39.4. The van der Waals surface area contributed by atoms with Gasteiger partial charge in [0.1, 0.15) is 0 Å². The molecule has 0 heterocycles. The van der Waals surface area contributed by atoms with E-state index < -0.39 is 33.4 Å². The van der Waals surface area contributed by atoms with E-state index in [2.05, 4.69) is 13.6 Å². The largest absolute Gasteiger partial charge is 1.00 e. The Labute approximate surface area is 126 Å². The van der Waals surface area contributed by atoms with Crippen molar-refractivity contribution < 1.29 is 70.7 Å². The van der Waals surface area contributed by atoms with Gasteiger partial charge in [0, 0.05) is 21.3 Å². The maximum atomic E-state index is 11.7. The molecule has 0 spiro atoms. The molecule has 3 unspecified atom stereocenters. The van der Waals surface area contributed by atoms with Gasteiger partial charge in [-0.1, -0.05) is 0 Å². The van der Waals surface area contributed by atoms with Gasteiger partial charge in [-0.2, -0.15) is 0 Å². The molecule has 15 heteroatoms. The van der Waals surface area contributed by atoms with Gasteiger partial charge in [0.05, 0.1) is 5.97 Å². The number of aliphatic carboxylic acids is 1. The van der Waals surface area contributed by atoms with Crippen LogP contribution in [0.15, 0.2) is 0 Å². The zero-order valence-corrected chi connectivity index (χ0v) is 13.6. The summed E-state index contributed by atoms with van der Waals surface area (Å²) in [5.74, 6) is -2.81. The van der Waals surface area contributed by atoms with Gasteiger partial charge in [0.25, 0.3) is 0 Å². The third-order valence-corrected chi connectivity index (χ3v) is 11.1. The van der Waals surface area contributed by atoms with Crippen molar-refractivity contribution in [3.8, 4) is 0 Å². The predicted molar refractivity (Wildman–Crippen MR) is 58.2 cm³/mol. The molecule has 0 aromatic rings. The fourth-order valence-corrected chi connectivity index (χ4v) is 7.97. The number of carbonyl (C=O) groups excluding carboxylic acids is 1. The van der Waals surface area contributed by atoms with E-state index in [0.29, 0.717) is 21.3 Å². The maximum absolute atomic E-state index is 11.7. The second-order valence-corrected chi connectivity index (χ2v) is 10.3.